The van der Waals surface area contributed by atoms with Crippen LogP contribution in [0.15, 0.2) is 47.4 Å². The first-order valence-corrected chi connectivity index (χ1v) is 13.9. The monoisotopic (exact) mass is 500 g/mol. The first-order valence-electron chi connectivity index (χ1n) is 11.6. The highest BCUT2D eigenvalue weighted by Crippen LogP contribution is 2.32. The van der Waals surface area contributed by atoms with Gasteiger partial charge in [0.2, 0.25) is 10.0 Å². The number of amides is 1. The summed E-state index contributed by atoms with van der Waals surface area (Å²) in [5, 5.41) is 0.664. The first kappa shape index (κ1) is 24.8. The molecule has 2 aromatic carbocycles. The van der Waals surface area contributed by atoms with Crippen molar-refractivity contribution in [3.8, 4) is 0 Å². The van der Waals surface area contributed by atoms with Crippen LogP contribution >= 0.6 is 11.3 Å². The summed E-state index contributed by atoms with van der Waals surface area (Å²) in [6, 6.07) is 12.6. The molecule has 1 heterocycles. The molecule has 9 heteroatoms. The molecule has 7 nitrogen and oxygen atoms in total. The van der Waals surface area contributed by atoms with E-state index in [4.69, 9.17) is 4.98 Å². The maximum Gasteiger partial charge on any atom is 0.260 e. The molecule has 1 fully saturated rings. The largest absolute Gasteiger partial charge is 0.309 e. The molecule has 1 amide bonds. The van der Waals surface area contributed by atoms with Gasteiger partial charge in [-0.1, -0.05) is 24.3 Å². The number of hydrogen-bond acceptors (Lipinski definition) is 6. The minimum absolute atomic E-state index is 0.0887. The van der Waals surface area contributed by atoms with Crippen LogP contribution in [0.5, 0.6) is 0 Å². The lowest BCUT2D eigenvalue weighted by Crippen LogP contribution is -2.33. The predicted octanol–water partition coefficient (Wildman–Crippen LogP) is 4.24. The molecule has 0 unspecified atom stereocenters. The standard InChI is InChI=1S/C25H32N4O3S2/c1-5-18-7-14-22-23(17-18)33-25(26-22)29(16-6-15-27(2)3)24(30)19-8-12-21(13-9-19)34(31,32)28(4)20-10-11-20/h7-9,12-14,17,20H,5-6,10-11,15-16H2,1-4H3. The Morgan fingerprint density at radius 2 is 1.76 bits per heavy atom. The summed E-state index contributed by atoms with van der Waals surface area (Å²) in [6.07, 6.45) is 3.54. The first-order chi connectivity index (χ1) is 16.2. The number of carbonyl (C=O) groups is 1. The number of nitrogens with zero attached hydrogens (tertiary/aromatic N) is 4. The summed E-state index contributed by atoms with van der Waals surface area (Å²) >= 11 is 1.52. The minimum atomic E-state index is -3.55. The normalized spacial score (nSPS) is 14.3. The molecule has 0 radical (unpaired) electrons. The molecule has 34 heavy (non-hydrogen) atoms. The van der Waals surface area contributed by atoms with Gasteiger partial charge in [0.05, 0.1) is 15.1 Å². The van der Waals surface area contributed by atoms with E-state index in [0.29, 0.717) is 17.2 Å². The number of benzene rings is 2. The molecule has 0 N–H and O–H groups in total. The summed E-state index contributed by atoms with van der Waals surface area (Å²) in [4.78, 5) is 22.3. The van der Waals surface area contributed by atoms with Crippen LogP contribution in [0.2, 0.25) is 0 Å². The van der Waals surface area contributed by atoms with Gasteiger partial charge in [0.25, 0.3) is 5.91 Å². The fourth-order valence-corrected chi connectivity index (χ4v) is 6.32. The van der Waals surface area contributed by atoms with Crippen LogP contribution in [0.4, 0.5) is 5.13 Å². The molecule has 1 aliphatic carbocycles. The number of fused-ring (bicyclic) bond motifs is 1. The second-order valence-corrected chi connectivity index (χ2v) is 12.0. The topological polar surface area (TPSA) is 73.8 Å². The second-order valence-electron chi connectivity index (χ2n) is 9.04. The Labute approximate surface area is 206 Å². The Bertz CT molecular complexity index is 1270. The van der Waals surface area contributed by atoms with Crippen molar-refractivity contribution in [2.24, 2.45) is 0 Å². The molecule has 1 saturated carbocycles. The minimum Gasteiger partial charge on any atom is -0.309 e. The maximum absolute atomic E-state index is 13.6. The Kier molecular flexibility index (Phi) is 7.37. The zero-order chi connectivity index (χ0) is 24.5. The van der Waals surface area contributed by atoms with E-state index in [-0.39, 0.29) is 16.8 Å². The van der Waals surface area contributed by atoms with E-state index in [1.54, 1.807) is 24.1 Å². The molecule has 0 spiro atoms. The zero-order valence-corrected chi connectivity index (χ0v) is 21.8. The van der Waals surface area contributed by atoms with Crippen LogP contribution in [-0.4, -0.2) is 68.8 Å². The molecule has 0 saturated heterocycles. The van der Waals surface area contributed by atoms with E-state index in [0.717, 1.165) is 42.4 Å². The molecule has 0 atom stereocenters. The van der Waals surface area contributed by atoms with Crippen LogP contribution < -0.4 is 4.90 Å². The average Bonchev–Trinajstić information content (AvgIpc) is 3.59. The fraction of sp³-hybridized carbons (Fsp3) is 0.440. The quantitative estimate of drug-likeness (QED) is 0.416. The van der Waals surface area contributed by atoms with Gasteiger partial charge in [-0.2, -0.15) is 4.31 Å². The number of sulfonamides is 1. The number of carbonyl (C=O) groups excluding carboxylic acids is 1. The molecule has 4 rings (SSSR count). The van der Waals surface area contributed by atoms with Gasteiger partial charge in [-0.15, -0.1) is 0 Å². The Balaban J connectivity index is 1.61. The summed E-state index contributed by atoms with van der Waals surface area (Å²) in [5.74, 6) is -0.173. The number of anilines is 1. The summed E-state index contributed by atoms with van der Waals surface area (Å²) in [7, 11) is 2.09. The molecule has 1 aliphatic rings. The van der Waals surface area contributed by atoms with Gasteiger partial charge in [0.15, 0.2) is 5.13 Å². The summed E-state index contributed by atoms with van der Waals surface area (Å²) in [6.45, 7) is 3.49. The van der Waals surface area contributed by atoms with Crippen LogP contribution in [0.1, 0.15) is 42.1 Å². The van der Waals surface area contributed by atoms with Crippen LogP contribution in [0.3, 0.4) is 0 Å². The van der Waals surface area contributed by atoms with Gasteiger partial charge in [-0.05, 0) is 88.3 Å². The molecule has 0 bridgehead atoms. The van der Waals surface area contributed by atoms with E-state index < -0.39 is 10.0 Å². The third-order valence-electron chi connectivity index (χ3n) is 6.15. The number of aromatic nitrogens is 1. The predicted molar refractivity (Wildman–Crippen MR) is 138 cm³/mol. The summed E-state index contributed by atoms with van der Waals surface area (Å²) in [5.41, 5.74) is 2.57. The molecule has 182 valence electrons. The van der Waals surface area contributed by atoms with Crippen molar-refractivity contribution in [3.63, 3.8) is 0 Å². The van der Waals surface area contributed by atoms with Crippen molar-refractivity contribution in [2.45, 2.75) is 43.5 Å². The highest BCUT2D eigenvalue weighted by atomic mass is 32.2. The lowest BCUT2D eigenvalue weighted by Gasteiger charge is -2.21. The van der Waals surface area contributed by atoms with Crippen molar-refractivity contribution in [3.05, 3.63) is 53.6 Å². The van der Waals surface area contributed by atoms with E-state index in [1.165, 1.54) is 33.3 Å². The van der Waals surface area contributed by atoms with E-state index in [9.17, 15) is 13.2 Å². The van der Waals surface area contributed by atoms with E-state index in [1.807, 2.05) is 20.2 Å². The smallest absolute Gasteiger partial charge is 0.260 e. The van der Waals surface area contributed by atoms with E-state index >= 15 is 0 Å². The average molecular weight is 501 g/mol. The highest BCUT2D eigenvalue weighted by Gasteiger charge is 2.35. The molecular formula is C25H32N4O3S2. The van der Waals surface area contributed by atoms with Crippen LogP contribution in [0, 0.1) is 0 Å². The van der Waals surface area contributed by atoms with Crippen molar-refractivity contribution in [1.29, 1.82) is 0 Å². The zero-order valence-electron chi connectivity index (χ0n) is 20.2. The second kappa shape index (κ2) is 10.1. The number of rotatable bonds is 10. The third kappa shape index (κ3) is 5.33. The SMILES string of the molecule is CCc1ccc2nc(N(CCCN(C)C)C(=O)c3ccc(S(=O)(=O)N(C)C4CC4)cc3)sc2c1. The Hall–Kier alpha value is -2.33. The molecule has 1 aromatic heterocycles. The van der Waals surface area contributed by atoms with Crippen molar-refractivity contribution < 1.29 is 13.2 Å². The van der Waals surface area contributed by atoms with Gasteiger partial charge in [0, 0.05) is 25.2 Å². The van der Waals surface area contributed by atoms with Crippen molar-refractivity contribution >= 4 is 42.6 Å². The third-order valence-corrected chi connectivity index (χ3v) is 9.12. The molecule has 0 aliphatic heterocycles. The van der Waals surface area contributed by atoms with Gasteiger partial charge in [-0.3, -0.25) is 9.69 Å². The molecule has 3 aromatic rings. The van der Waals surface area contributed by atoms with Gasteiger partial charge >= 0.3 is 0 Å². The lowest BCUT2D eigenvalue weighted by atomic mass is 10.2. The Morgan fingerprint density at radius 3 is 2.38 bits per heavy atom. The van der Waals surface area contributed by atoms with Crippen molar-refractivity contribution in [1.82, 2.24) is 14.2 Å². The van der Waals surface area contributed by atoms with Gasteiger partial charge < -0.3 is 4.90 Å². The van der Waals surface area contributed by atoms with Crippen LogP contribution in [-0.2, 0) is 16.4 Å². The highest BCUT2D eigenvalue weighted by molar-refractivity contribution is 7.89. The van der Waals surface area contributed by atoms with E-state index in [2.05, 4.69) is 24.0 Å². The van der Waals surface area contributed by atoms with Gasteiger partial charge in [-0.25, -0.2) is 13.4 Å². The Morgan fingerprint density at radius 1 is 1.06 bits per heavy atom. The molecular weight excluding hydrogens is 468 g/mol. The van der Waals surface area contributed by atoms with Crippen molar-refractivity contribution in [2.75, 3.05) is 39.1 Å². The summed E-state index contributed by atoms with van der Waals surface area (Å²) < 4.78 is 28.1. The number of aryl methyl sites for hydroxylation is 1. The lowest BCUT2D eigenvalue weighted by molar-refractivity contribution is 0.0986. The fourth-order valence-electron chi connectivity index (χ4n) is 3.85. The number of thiazole rings is 1. The maximum atomic E-state index is 13.6. The van der Waals surface area contributed by atoms with Crippen LogP contribution in [0.25, 0.3) is 10.2 Å². The number of hydrogen-bond donors (Lipinski definition) is 0. The van der Waals surface area contributed by atoms with Gasteiger partial charge in [0.1, 0.15) is 0 Å².